The maximum absolute atomic E-state index is 3.93. The molecule has 0 aromatic heterocycles. The van der Waals surface area contributed by atoms with Gasteiger partial charge in [-0.1, -0.05) is 94.1 Å². The zero-order valence-electron chi connectivity index (χ0n) is 13.9. The van der Waals surface area contributed by atoms with E-state index in [1.165, 1.54) is 43.2 Å². The summed E-state index contributed by atoms with van der Waals surface area (Å²) in [5.74, 6) is 0.750. The zero-order chi connectivity index (χ0) is 15.2. The molecule has 0 bridgehead atoms. The van der Waals surface area contributed by atoms with E-state index in [2.05, 4.69) is 74.8 Å². The first-order valence-corrected chi connectivity index (χ1v) is 9.12. The lowest BCUT2D eigenvalue weighted by Gasteiger charge is -2.25. The van der Waals surface area contributed by atoms with Crippen LogP contribution in [-0.2, 0) is 5.41 Å². The minimum atomic E-state index is 0.284. The Hall–Kier alpha value is -0.300. The van der Waals surface area contributed by atoms with Crippen molar-refractivity contribution >= 4 is 15.9 Å². The monoisotopic (exact) mass is 338 g/mol. The quantitative estimate of drug-likeness (QED) is 0.446. The molecule has 0 saturated carbocycles. The average molecular weight is 339 g/mol. The second-order valence-corrected chi connectivity index (χ2v) is 7.56. The number of alkyl halides is 1. The van der Waals surface area contributed by atoms with Crippen LogP contribution in [0.5, 0.6) is 0 Å². The lowest BCUT2D eigenvalue weighted by atomic mass is 9.81. The molecule has 0 N–H and O–H groups in total. The molecular weight excluding hydrogens is 308 g/mol. The van der Waals surface area contributed by atoms with Crippen molar-refractivity contribution in [3.8, 4) is 0 Å². The normalized spacial score (nSPS) is 15.1. The van der Waals surface area contributed by atoms with Crippen LogP contribution in [0.4, 0.5) is 0 Å². The van der Waals surface area contributed by atoms with Gasteiger partial charge in [0.1, 0.15) is 0 Å². The first-order valence-electron chi connectivity index (χ1n) is 8.20. The number of hydrogen-bond acceptors (Lipinski definition) is 0. The molecule has 0 spiro atoms. The highest BCUT2D eigenvalue weighted by atomic mass is 79.9. The highest BCUT2D eigenvalue weighted by molar-refractivity contribution is 9.09. The van der Waals surface area contributed by atoms with Gasteiger partial charge < -0.3 is 0 Å². The van der Waals surface area contributed by atoms with Crippen LogP contribution in [0.3, 0.4) is 0 Å². The van der Waals surface area contributed by atoms with Gasteiger partial charge in [0.2, 0.25) is 0 Å². The number of benzene rings is 1. The van der Waals surface area contributed by atoms with Crippen molar-refractivity contribution in [2.75, 3.05) is 0 Å². The lowest BCUT2D eigenvalue weighted by molar-refractivity contribution is 0.446. The van der Waals surface area contributed by atoms with Crippen LogP contribution in [0.25, 0.3) is 0 Å². The Morgan fingerprint density at radius 3 is 2.10 bits per heavy atom. The zero-order valence-corrected chi connectivity index (χ0v) is 15.5. The first kappa shape index (κ1) is 17.8. The summed E-state index contributed by atoms with van der Waals surface area (Å²) in [5.41, 5.74) is 3.17. The van der Waals surface area contributed by atoms with Gasteiger partial charge in [-0.3, -0.25) is 0 Å². The predicted molar refractivity (Wildman–Crippen MR) is 94.7 cm³/mol. The second kappa shape index (κ2) is 8.22. The molecule has 2 atom stereocenters. The third-order valence-corrected chi connectivity index (χ3v) is 6.04. The fourth-order valence-corrected chi connectivity index (χ4v) is 3.56. The van der Waals surface area contributed by atoms with Crippen molar-refractivity contribution in [2.24, 2.45) is 5.92 Å². The third kappa shape index (κ3) is 4.62. The summed E-state index contributed by atoms with van der Waals surface area (Å²) in [6.45, 7) is 11.5. The van der Waals surface area contributed by atoms with E-state index in [1.807, 2.05) is 0 Å². The molecule has 1 rings (SSSR count). The Morgan fingerprint density at radius 1 is 1.05 bits per heavy atom. The Bertz CT molecular complexity index is 377. The third-order valence-electron chi connectivity index (χ3n) is 4.76. The molecule has 0 aliphatic carbocycles. The molecule has 2 unspecified atom stereocenters. The van der Waals surface area contributed by atoms with E-state index in [0.717, 1.165) is 5.92 Å². The Balaban J connectivity index is 2.81. The maximum Gasteiger partial charge on any atom is 0.0423 e. The molecule has 1 heteroatoms. The number of rotatable bonds is 8. The number of halogens is 1. The van der Waals surface area contributed by atoms with Crippen molar-refractivity contribution < 1.29 is 0 Å². The molecule has 0 aliphatic rings. The van der Waals surface area contributed by atoms with Gasteiger partial charge in [-0.25, -0.2) is 0 Å². The highest BCUT2D eigenvalue weighted by Gasteiger charge is 2.21. The van der Waals surface area contributed by atoms with Crippen molar-refractivity contribution in [3.05, 3.63) is 35.4 Å². The van der Waals surface area contributed by atoms with Crippen LogP contribution in [0, 0.1) is 5.92 Å². The maximum atomic E-state index is 3.93. The molecule has 114 valence electrons. The summed E-state index contributed by atoms with van der Waals surface area (Å²) in [6.07, 6.45) is 6.38. The number of unbranched alkanes of at least 4 members (excludes halogenated alkanes) is 1. The van der Waals surface area contributed by atoms with Crippen molar-refractivity contribution in [1.82, 2.24) is 0 Å². The van der Waals surface area contributed by atoms with E-state index in [-0.39, 0.29) is 5.41 Å². The van der Waals surface area contributed by atoms with Gasteiger partial charge in [-0.2, -0.15) is 0 Å². The molecular formula is C19H31Br. The summed E-state index contributed by atoms with van der Waals surface area (Å²) in [6, 6.07) is 9.28. The van der Waals surface area contributed by atoms with Crippen molar-refractivity contribution in [2.45, 2.75) is 77.0 Å². The molecule has 20 heavy (non-hydrogen) atoms. The fraction of sp³-hybridized carbons (Fsp3) is 0.684. The minimum absolute atomic E-state index is 0.284. The summed E-state index contributed by atoms with van der Waals surface area (Å²) < 4.78 is 0. The Kier molecular flexibility index (Phi) is 7.29. The molecule has 1 aromatic rings. The summed E-state index contributed by atoms with van der Waals surface area (Å²) in [7, 11) is 0. The van der Waals surface area contributed by atoms with Gasteiger partial charge in [-0.15, -0.1) is 0 Å². The average Bonchev–Trinajstić information content (AvgIpc) is 2.48. The van der Waals surface area contributed by atoms with E-state index in [0.29, 0.717) is 4.83 Å². The van der Waals surface area contributed by atoms with Crippen molar-refractivity contribution in [1.29, 1.82) is 0 Å². The van der Waals surface area contributed by atoms with Crippen LogP contribution >= 0.6 is 15.9 Å². The van der Waals surface area contributed by atoms with E-state index in [9.17, 15) is 0 Å². The van der Waals surface area contributed by atoms with Gasteiger partial charge in [-0.05, 0) is 35.3 Å². The first-order chi connectivity index (χ1) is 9.46. The molecule has 0 amide bonds. The molecule has 0 radical (unpaired) electrons. The Morgan fingerprint density at radius 2 is 1.65 bits per heavy atom. The van der Waals surface area contributed by atoms with Crippen molar-refractivity contribution in [3.63, 3.8) is 0 Å². The topological polar surface area (TPSA) is 0 Å². The van der Waals surface area contributed by atoms with Gasteiger partial charge in [0.15, 0.2) is 0 Å². The summed E-state index contributed by atoms with van der Waals surface area (Å²) >= 11 is 3.93. The SMILES string of the molecule is CCCCC(CC)C(Br)c1ccc(C(C)(C)CC)cc1. The van der Waals surface area contributed by atoms with Crippen LogP contribution in [0.2, 0.25) is 0 Å². The van der Waals surface area contributed by atoms with Gasteiger partial charge >= 0.3 is 0 Å². The van der Waals surface area contributed by atoms with Crippen LogP contribution in [0.1, 0.15) is 82.7 Å². The smallest absolute Gasteiger partial charge is 0.0423 e. The summed E-state index contributed by atoms with van der Waals surface area (Å²) in [4.78, 5) is 0.498. The van der Waals surface area contributed by atoms with E-state index in [1.54, 1.807) is 0 Å². The molecule has 0 heterocycles. The highest BCUT2D eigenvalue weighted by Crippen LogP contribution is 2.37. The summed E-state index contributed by atoms with van der Waals surface area (Å²) in [5, 5.41) is 0. The predicted octanol–water partition coefficient (Wildman–Crippen LogP) is 7.03. The molecule has 0 aliphatic heterocycles. The second-order valence-electron chi connectivity index (χ2n) is 6.57. The van der Waals surface area contributed by atoms with Crippen LogP contribution in [-0.4, -0.2) is 0 Å². The lowest BCUT2D eigenvalue weighted by Crippen LogP contribution is -2.15. The van der Waals surface area contributed by atoms with Gasteiger partial charge in [0.05, 0.1) is 0 Å². The molecule has 0 fully saturated rings. The standard InChI is InChI=1S/C19H31Br/c1-6-9-10-15(7-2)18(20)16-11-13-17(14-12-16)19(4,5)8-3/h11-15,18H,6-10H2,1-5H3. The van der Waals surface area contributed by atoms with Crippen LogP contribution in [0.15, 0.2) is 24.3 Å². The molecule has 0 nitrogen and oxygen atoms in total. The van der Waals surface area contributed by atoms with E-state index in [4.69, 9.17) is 0 Å². The molecule has 1 aromatic carbocycles. The van der Waals surface area contributed by atoms with E-state index < -0.39 is 0 Å². The Labute approximate surface area is 134 Å². The minimum Gasteiger partial charge on any atom is -0.0836 e. The fourth-order valence-electron chi connectivity index (χ4n) is 2.62. The largest absolute Gasteiger partial charge is 0.0836 e. The number of hydrogen-bond donors (Lipinski definition) is 0. The van der Waals surface area contributed by atoms with Gasteiger partial charge in [0.25, 0.3) is 0 Å². The molecule has 0 saturated heterocycles. The van der Waals surface area contributed by atoms with Crippen LogP contribution < -0.4 is 0 Å². The van der Waals surface area contributed by atoms with Gasteiger partial charge in [0, 0.05) is 4.83 Å². The van der Waals surface area contributed by atoms with E-state index >= 15 is 0 Å².